The van der Waals surface area contributed by atoms with Crippen LogP contribution < -0.4 is 16.4 Å². The summed E-state index contributed by atoms with van der Waals surface area (Å²) in [5.74, 6) is -2.73. The number of likely N-dealkylation sites (tertiary alicyclic amines) is 1. The summed E-state index contributed by atoms with van der Waals surface area (Å²) in [6.07, 6.45) is 2.92. The molecule has 4 atom stereocenters. The summed E-state index contributed by atoms with van der Waals surface area (Å²) < 4.78 is 0. The number of aliphatic carboxylic acids is 1. The van der Waals surface area contributed by atoms with Crippen molar-refractivity contribution in [1.82, 2.24) is 20.5 Å². The molecule has 0 bridgehead atoms. The Morgan fingerprint density at radius 1 is 1.23 bits per heavy atom. The molecule has 10 nitrogen and oxygen atoms in total. The Morgan fingerprint density at radius 2 is 1.94 bits per heavy atom. The summed E-state index contributed by atoms with van der Waals surface area (Å²) in [6, 6.07) is 3.81. The Labute approximate surface area is 209 Å². The number of carboxylic acids is 1. The summed E-state index contributed by atoms with van der Waals surface area (Å²) >= 11 is 4.06. The van der Waals surface area contributed by atoms with Crippen molar-refractivity contribution >= 4 is 47.2 Å². The van der Waals surface area contributed by atoms with Crippen LogP contribution in [-0.4, -0.2) is 75.1 Å². The maximum Gasteiger partial charge on any atom is 0.326 e. The SMILES string of the molecule is CC(C)C(NC(=O)C1CCCN1C(=O)C(N)CS)C(=O)NC(Cc1c[nH]c2ccccc12)C(=O)O. The van der Waals surface area contributed by atoms with Crippen LogP contribution in [0.15, 0.2) is 30.5 Å². The van der Waals surface area contributed by atoms with Crippen molar-refractivity contribution in [3.8, 4) is 0 Å². The summed E-state index contributed by atoms with van der Waals surface area (Å²) in [5, 5.41) is 16.0. The molecule has 0 aliphatic carbocycles. The smallest absolute Gasteiger partial charge is 0.326 e. The van der Waals surface area contributed by atoms with Crippen molar-refractivity contribution in [2.24, 2.45) is 11.7 Å². The Balaban J connectivity index is 1.70. The van der Waals surface area contributed by atoms with E-state index in [2.05, 4.69) is 28.2 Å². The third-order valence-electron chi connectivity index (χ3n) is 6.31. The van der Waals surface area contributed by atoms with E-state index >= 15 is 0 Å². The molecular formula is C24H33N5O5S. The summed E-state index contributed by atoms with van der Waals surface area (Å²) in [7, 11) is 0. The highest BCUT2D eigenvalue weighted by molar-refractivity contribution is 7.80. The van der Waals surface area contributed by atoms with Crippen LogP contribution in [0.5, 0.6) is 0 Å². The van der Waals surface area contributed by atoms with Gasteiger partial charge in [-0.1, -0.05) is 32.0 Å². The second kappa shape index (κ2) is 11.6. The number of H-pyrrole nitrogens is 1. The monoisotopic (exact) mass is 503 g/mol. The predicted molar refractivity (Wildman–Crippen MR) is 135 cm³/mol. The van der Waals surface area contributed by atoms with E-state index in [0.717, 1.165) is 16.5 Å². The number of carboxylic acid groups (broad SMARTS) is 1. The maximum absolute atomic E-state index is 13.1. The van der Waals surface area contributed by atoms with Crippen molar-refractivity contribution in [2.75, 3.05) is 12.3 Å². The zero-order chi connectivity index (χ0) is 25.7. The molecule has 0 saturated carbocycles. The standard InChI is InChI=1S/C24H33N5O5S/c1-13(2)20(28-21(30)19-8-5-9-29(19)23(32)16(25)12-35)22(31)27-18(24(33)34)10-14-11-26-17-7-4-3-6-15(14)17/h3-4,6-7,11,13,16,18-20,26,35H,5,8-10,12,25H2,1-2H3,(H,27,31)(H,28,30)(H,33,34). The minimum atomic E-state index is -1.18. The summed E-state index contributed by atoms with van der Waals surface area (Å²) in [4.78, 5) is 55.2. The first-order valence-electron chi connectivity index (χ1n) is 11.7. The molecule has 3 amide bonds. The van der Waals surface area contributed by atoms with Crippen LogP contribution in [0.1, 0.15) is 32.3 Å². The number of aromatic nitrogens is 1. The van der Waals surface area contributed by atoms with Crippen LogP contribution in [0.2, 0.25) is 0 Å². The zero-order valence-corrected chi connectivity index (χ0v) is 20.8. The van der Waals surface area contributed by atoms with Crippen molar-refractivity contribution < 1.29 is 24.3 Å². The molecule has 1 aliphatic rings. The van der Waals surface area contributed by atoms with Crippen molar-refractivity contribution in [3.63, 3.8) is 0 Å². The zero-order valence-electron chi connectivity index (χ0n) is 19.9. The Kier molecular flexibility index (Phi) is 8.79. The van der Waals surface area contributed by atoms with Gasteiger partial charge in [0, 0.05) is 35.8 Å². The highest BCUT2D eigenvalue weighted by atomic mass is 32.1. The summed E-state index contributed by atoms with van der Waals surface area (Å²) in [6.45, 7) is 3.92. The van der Waals surface area contributed by atoms with E-state index < -0.39 is 42.0 Å². The molecule has 0 spiro atoms. The summed E-state index contributed by atoms with van der Waals surface area (Å²) in [5.41, 5.74) is 7.45. The fourth-order valence-electron chi connectivity index (χ4n) is 4.36. The van der Waals surface area contributed by atoms with Crippen LogP contribution in [0.3, 0.4) is 0 Å². The van der Waals surface area contributed by atoms with Gasteiger partial charge in [0.25, 0.3) is 0 Å². The predicted octanol–water partition coefficient (Wildman–Crippen LogP) is 0.669. The molecule has 11 heteroatoms. The van der Waals surface area contributed by atoms with Gasteiger partial charge in [-0.25, -0.2) is 4.79 Å². The molecule has 2 aromatic rings. The van der Waals surface area contributed by atoms with E-state index in [9.17, 15) is 24.3 Å². The lowest BCUT2D eigenvalue weighted by atomic mass is 10.0. The van der Waals surface area contributed by atoms with Gasteiger partial charge in [0.05, 0.1) is 6.04 Å². The van der Waals surface area contributed by atoms with Crippen LogP contribution in [0.25, 0.3) is 10.9 Å². The first-order valence-corrected chi connectivity index (χ1v) is 12.3. The second-order valence-electron chi connectivity index (χ2n) is 9.17. The number of nitrogens with two attached hydrogens (primary N) is 1. The molecular weight excluding hydrogens is 470 g/mol. The van der Waals surface area contributed by atoms with Gasteiger partial charge in [-0.2, -0.15) is 12.6 Å². The van der Waals surface area contributed by atoms with Gasteiger partial charge in [0.1, 0.15) is 18.1 Å². The van der Waals surface area contributed by atoms with E-state index in [0.29, 0.717) is 19.4 Å². The second-order valence-corrected chi connectivity index (χ2v) is 9.54. The van der Waals surface area contributed by atoms with Gasteiger partial charge < -0.3 is 31.4 Å². The van der Waals surface area contributed by atoms with E-state index in [-0.39, 0.29) is 24.0 Å². The largest absolute Gasteiger partial charge is 0.480 e. The fraction of sp³-hybridized carbons (Fsp3) is 0.500. The highest BCUT2D eigenvalue weighted by Gasteiger charge is 2.38. The Hall–Kier alpha value is -3.05. The average Bonchev–Trinajstić information content (AvgIpc) is 3.48. The molecule has 1 aromatic heterocycles. The molecule has 4 unspecified atom stereocenters. The molecule has 1 aliphatic heterocycles. The number of fused-ring (bicyclic) bond motifs is 1. The number of benzene rings is 1. The molecule has 1 saturated heterocycles. The molecule has 0 radical (unpaired) electrons. The number of hydrogen-bond acceptors (Lipinski definition) is 6. The minimum absolute atomic E-state index is 0.0797. The van der Waals surface area contributed by atoms with Gasteiger partial charge in [0.2, 0.25) is 17.7 Å². The van der Waals surface area contributed by atoms with Gasteiger partial charge >= 0.3 is 5.97 Å². The van der Waals surface area contributed by atoms with E-state index in [1.807, 2.05) is 24.3 Å². The lowest BCUT2D eigenvalue weighted by Gasteiger charge is -2.29. The lowest BCUT2D eigenvalue weighted by molar-refractivity contribution is -0.143. The topological polar surface area (TPSA) is 158 Å². The van der Waals surface area contributed by atoms with Gasteiger partial charge in [0.15, 0.2) is 0 Å². The first kappa shape index (κ1) is 26.6. The van der Waals surface area contributed by atoms with E-state index in [1.165, 1.54) is 4.90 Å². The third-order valence-corrected chi connectivity index (χ3v) is 6.71. The van der Waals surface area contributed by atoms with Gasteiger partial charge in [-0.15, -0.1) is 0 Å². The number of nitrogens with one attached hydrogen (secondary N) is 3. The molecule has 35 heavy (non-hydrogen) atoms. The van der Waals surface area contributed by atoms with Crippen LogP contribution in [0.4, 0.5) is 0 Å². The number of rotatable bonds is 10. The number of carbonyl (C=O) groups excluding carboxylic acids is 3. The third kappa shape index (κ3) is 6.15. The molecule has 6 N–H and O–H groups in total. The van der Waals surface area contributed by atoms with E-state index in [1.54, 1.807) is 20.0 Å². The number of aromatic amines is 1. The number of amides is 3. The van der Waals surface area contributed by atoms with Crippen molar-refractivity contribution in [1.29, 1.82) is 0 Å². The van der Waals surface area contributed by atoms with Crippen molar-refractivity contribution in [2.45, 2.75) is 57.3 Å². The number of para-hydroxylation sites is 1. The molecule has 3 rings (SSSR count). The minimum Gasteiger partial charge on any atom is -0.480 e. The van der Waals surface area contributed by atoms with Crippen LogP contribution >= 0.6 is 12.6 Å². The first-order chi connectivity index (χ1) is 16.6. The number of nitrogens with zero attached hydrogens (tertiary/aromatic N) is 1. The fourth-order valence-corrected chi connectivity index (χ4v) is 4.52. The Bertz CT molecular complexity index is 1090. The molecule has 2 heterocycles. The number of carbonyl (C=O) groups is 4. The Morgan fingerprint density at radius 3 is 2.60 bits per heavy atom. The normalized spacial score (nSPS) is 18.3. The molecule has 1 fully saturated rings. The highest BCUT2D eigenvalue weighted by Crippen LogP contribution is 2.21. The number of hydrogen-bond donors (Lipinski definition) is 6. The van der Waals surface area contributed by atoms with E-state index in [4.69, 9.17) is 5.73 Å². The maximum atomic E-state index is 13.1. The van der Waals surface area contributed by atoms with Gasteiger partial charge in [-0.3, -0.25) is 14.4 Å². The van der Waals surface area contributed by atoms with Crippen LogP contribution in [0, 0.1) is 5.92 Å². The van der Waals surface area contributed by atoms with Crippen molar-refractivity contribution in [3.05, 3.63) is 36.0 Å². The molecule has 1 aromatic carbocycles. The quantitative estimate of drug-likeness (QED) is 0.262. The van der Waals surface area contributed by atoms with Crippen LogP contribution in [-0.2, 0) is 25.6 Å². The lowest BCUT2D eigenvalue weighted by Crippen LogP contribution is -2.58. The number of thiol groups is 1. The average molecular weight is 504 g/mol. The molecule has 190 valence electrons. The van der Waals surface area contributed by atoms with Gasteiger partial charge in [-0.05, 0) is 30.4 Å².